The highest BCUT2D eigenvalue weighted by atomic mass is 79.9. The fraction of sp³-hybridized carbons (Fsp3) is 0.214. The first-order chi connectivity index (χ1) is 9.06. The minimum absolute atomic E-state index is 0.461. The summed E-state index contributed by atoms with van der Waals surface area (Å²) in [6.07, 6.45) is 0. The summed E-state index contributed by atoms with van der Waals surface area (Å²) >= 11 is 10.3. The van der Waals surface area contributed by atoms with Crippen LogP contribution in [-0.4, -0.2) is 16.9 Å². The Bertz CT molecular complexity index is 580. The van der Waals surface area contributed by atoms with Gasteiger partial charge < -0.3 is 5.73 Å². The van der Waals surface area contributed by atoms with Gasteiger partial charge in [0.1, 0.15) is 4.99 Å². The van der Waals surface area contributed by atoms with E-state index in [1.54, 1.807) is 11.3 Å². The molecule has 1 aromatic carbocycles. The Morgan fingerprint density at radius 2 is 2.11 bits per heavy atom. The summed E-state index contributed by atoms with van der Waals surface area (Å²) in [6, 6.07) is 10.2. The van der Waals surface area contributed by atoms with Crippen molar-refractivity contribution in [3.63, 3.8) is 0 Å². The quantitative estimate of drug-likeness (QED) is 0.828. The molecule has 100 valence electrons. The molecule has 0 aliphatic heterocycles. The third-order valence-corrected chi connectivity index (χ3v) is 4.67. The van der Waals surface area contributed by atoms with Crippen LogP contribution in [0.4, 0.5) is 0 Å². The van der Waals surface area contributed by atoms with E-state index >= 15 is 0 Å². The predicted molar refractivity (Wildman–Crippen MR) is 89.5 cm³/mol. The van der Waals surface area contributed by atoms with Crippen LogP contribution < -0.4 is 5.73 Å². The lowest BCUT2D eigenvalue weighted by Gasteiger charge is -2.17. The van der Waals surface area contributed by atoms with Gasteiger partial charge in [0.2, 0.25) is 0 Å². The molecule has 0 saturated carbocycles. The summed E-state index contributed by atoms with van der Waals surface area (Å²) in [6.45, 7) is 1.75. The number of hydrogen-bond acceptors (Lipinski definition) is 3. The summed E-state index contributed by atoms with van der Waals surface area (Å²) < 4.78 is 1.14. The number of nitrogens with two attached hydrogens (primary N) is 1. The Morgan fingerprint density at radius 1 is 1.37 bits per heavy atom. The Hall–Kier alpha value is -0.750. The number of rotatable bonds is 5. The van der Waals surface area contributed by atoms with Gasteiger partial charge in [-0.15, -0.1) is 11.3 Å². The van der Waals surface area contributed by atoms with Crippen LogP contribution in [-0.2, 0) is 13.1 Å². The van der Waals surface area contributed by atoms with Crippen LogP contribution in [0.1, 0.15) is 16.0 Å². The van der Waals surface area contributed by atoms with E-state index in [-0.39, 0.29) is 0 Å². The average Bonchev–Trinajstić information content (AvgIpc) is 2.75. The van der Waals surface area contributed by atoms with Gasteiger partial charge in [-0.2, -0.15) is 0 Å². The largest absolute Gasteiger partial charge is 0.389 e. The zero-order chi connectivity index (χ0) is 13.8. The zero-order valence-corrected chi connectivity index (χ0v) is 13.8. The molecule has 0 spiro atoms. The van der Waals surface area contributed by atoms with E-state index in [9.17, 15) is 0 Å². The van der Waals surface area contributed by atoms with Crippen molar-refractivity contribution in [2.24, 2.45) is 5.73 Å². The van der Waals surface area contributed by atoms with Crippen LogP contribution >= 0.6 is 39.5 Å². The van der Waals surface area contributed by atoms with Gasteiger partial charge in [0, 0.05) is 33.4 Å². The summed E-state index contributed by atoms with van der Waals surface area (Å²) in [5.41, 5.74) is 7.90. The number of halogens is 1. The lowest BCUT2D eigenvalue weighted by molar-refractivity contribution is 0.322. The highest BCUT2D eigenvalue weighted by molar-refractivity contribution is 9.10. The third-order valence-electron chi connectivity index (χ3n) is 2.77. The molecule has 0 atom stereocenters. The minimum Gasteiger partial charge on any atom is -0.389 e. The molecular formula is C14H15BrN2S2. The second-order valence-electron chi connectivity index (χ2n) is 4.42. The molecule has 5 heteroatoms. The van der Waals surface area contributed by atoms with Crippen LogP contribution in [0.2, 0.25) is 0 Å². The van der Waals surface area contributed by atoms with Crippen molar-refractivity contribution in [2.75, 3.05) is 7.05 Å². The molecule has 0 fully saturated rings. The predicted octanol–water partition coefficient (Wildman–Crippen LogP) is 3.78. The van der Waals surface area contributed by atoms with Crippen LogP contribution in [0.25, 0.3) is 0 Å². The molecule has 1 heterocycles. The van der Waals surface area contributed by atoms with E-state index in [0.717, 1.165) is 23.1 Å². The van der Waals surface area contributed by atoms with Crippen molar-refractivity contribution >= 4 is 44.5 Å². The molecular weight excluding hydrogens is 340 g/mol. The Morgan fingerprint density at radius 3 is 2.74 bits per heavy atom. The van der Waals surface area contributed by atoms with Gasteiger partial charge in [0.15, 0.2) is 0 Å². The van der Waals surface area contributed by atoms with E-state index < -0.39 is 0 Å². The van der Waals surface area contributed by atoms with Gasteiger partial charge in [-0.25, -0.2) is 0 Å². The van der Waals surface area contributed by atoms with E-state index in [4.69, 9.17) is 18.0 Å². The number of nitrogens with zero attached hydrogens (tertiary/aromatic N) is 1. The van der Waals surface area contributed by atoms with Crippen LogP contribution in [0, 0.1) is 0 Å². The molecule has 0 radical (unpaired) electrons. The van der Waals surface area contributed by atoms with Crippen molar-refractivity contribution in [3.8, 4) is 0 Å². The number of benzene rings is 1. The third kappa shape index (κ3) is 4.11. The van der Waals surface area contributed by atoms with Crippen molar-refractivity contribution < 1.29 is 0 Å². The van der Waals surface area contributed by atoms with Gasteiger partial charge in [-0.05, 0) is 34.6 Å². The van der Waals surface area contributed by atoms with Gasteiger partial charge in [-0.3, -0.25) is 4.90 Å². The van der Waals surface area contributed by atoms with Crippen molar-refractivity contribution in [2.45, 2.75) is 13.1 Å². The van der Waals surface area contributed by atoms with Crippen LogP contribution in [0.5, 0.6) is 0 Å². The number of thiocarbonyl (C=S) groups is 1. The highest BCUT2D eigenvalue weighted by Gasteiger charge is 2.08. The van der Waals surface area contributed by atoms with Gasteiger partial charge in [0.05, 0.1) is 0 Å². The number of hydrogen-bond donors (Lipinski definition) is 1. The first-order valence-electron chi connectivity index (χ1n) is 5.85. The first-order valence-corrected chi connectivity index (χ1v) is 7.93. The molecule has 0 aliphatic rings. The molecule has 2 nitrogen and oxygen atoms in total. The van der Waals surface area contributed by atoms with Crippen molar-refractivity contribution in [1.82, 2.24) is 4.90 Å². The standard InChI is InChI=1S/C14H15BrN2S2/c1-17(8-12-6-11(15)9-19-12)7-10-4-2-3-5-13(10)14(16)18/h2-6,9H,7-8H2,1H3,(H2,16,18). The van der Waals surface area contributed by atoms with E-state index in [2.05, 4.69) is 45.4 Å². The van der Waals surface area contributed by atoms with E-state index in [1.807, 2.05) is 18.2 Å². The minimum atomic E-state index is 0.461. The Kier molecular flexibility index (Phi) is 5.10. The van der Waals surface area contributed by atoms with Crippen LogP contribution in [0.15, 0.2) is 40.2 Å². The summed E-state index contributed by atoms with van der Waals surface area (Å²) in [4.78, 5) is 4.06. The molecule has 0 bridgehead atoms. The SMILES string of the molecule is CN(Cc1cc(Br)cs1)Cc1ccccc1C(N)=S. The molecule has 0 unspecified atom stereocenters. The fourth-order valence-corrected chi connectivity index (χ4v) is 3.68. The molecule has 2 rings (SSSR count). The number of thiophene rings is 1. The van der Waals surface area contributed by atoms with E-state index in [1.165, 1.54) is 10.4 Å². The Labute approximate surface area is 131 Å². The lowest BCUT2D eigenvalue weighted by atomic mass is 10.1. The second kappa shape index (κ2) is 6.61. The molecule has 0 amide bonds. The maximum atomic E-state index is 5.75. The highest BCUT2D eigenvalue weighted by Crippen LogP contribution is 2.21. The summed E-state index contributed by atoms with van der Waals surface area (Å²) in [5.74, 6) is 0. The van der Waals surface area contributed by atoms with Crippen LogP contribution in [0.3, 0.4) is 0 Å². The molecule has 19 heavy (non-hydrogen) atoms. The monoisotopic (exact) mass is 354 g/mol. The summed E-state index contributed by atoms with van der Waals surface area (Å²) in [7, 11) is 2.10. The molecule has 2 N–H and O–H groups in total. The van der Waals surface area contributed by atoms with Gasteiger partial charge in [0.25, 0.3) is 0 Å². The van der Waals surface area contributed by atoms with Crippen molar-refractivity contribution in [3.05, 3.63) is 56.2 Å². The molecule has 0 aliphatic carbocycles. The van der Waals surface area contributed by atoms with Gasteiger partial charge in [-0.1, -0.05) is 36.5 Å². The smallest absolute Gasteiger partial charge is 0.104 e. The van der Waals surface area contributed by atoms with Crippen molar-refractivity contribution in [1.29, 1.82) is 0 Å². The normalized spacial score (nSPS) is 10.9. The fourth-order valence-electron chi connectivity index (χ4n) is 1.95. The zero-order valence-electron chi connectivity index (χ0n) is 10.6. The van der Waals surface area contributed by atoms with Gasteiger partial charge >= 0.3 is 0 Å². The topological polar surface area (TPSA) is 29.3 Å². The molecule has 0 saturated heterocycles. The molecule has 2 aromatic rings. The molecule has 1 aromatic heterocycles. The van der Waals surface area contributed by atoms with E-state index in [0.29, 0.717) is 4.99 Å². The Balaban J connectivity index is 2.06. The summed E-state index contributed by atoms with van der Waals surface area (Å²) in [5, 5.41) is 2.10. The first kappa shape index (κ1) is 14.7. The maximum Gasteiger partial charge on any atom is 0.104 e. The second-order valence-corrected chi connectivity index (χ2v) is 6.78. The average molecular weight is 355 g/mol. The lowest BCUT2D eigenvalue weighted by Crippen LogP contribution is -2.20. The maximum absolute atomic E-state index is 5.75.